The van der Waals surface area contributed by atoms with E-state index in [2.05, 4.69) is 0 Å². The van der Waals surface area contributed by atoms with Crippen molar-refractivity contribution in [2.45, 2.75) is 6.54 Å². The number of hydrogen-bond donors (Lipinski definition) is 0. The molecule has 1 amide bonds. The first-order chi connectivity index (χ1) is 13.0. The van der Waals surface area contributed by atoms with Crippen molar-refractivity contribution in [2.75, 3.05) is 7.05 Å². The van der Waals surface area contributed by atoms with E-state index in [9.17, 15) is 14.0 Å². The molecule has 3 aromatic carbocycles. The predicted molar refractivity (Wildman–Crippen MR) is 104 cm³/mol. The van der Waals surface area contributed by atoms with Crippen molar-refractivity contribution in [1.82, 2.24) is 4.90 Å². The highest BCUT2D eigenvalue weighted by Crippen LogP contribution is 2.20. The lowest BCUT2D eigenvalue weighted by atomic mass is 9.97. The first kappa shape index (κ1) is 18.8. The maximum atomic E-state index is 13.1. The first-order valence-corrected chi connectivity index (χ1v) is 8.73. The van der Waals surface area contributed by atoms with Crippen LogP contribution in [0.3, 0.4) is 0 Å². The molecule has 0 fully saturated rings. The van der Waals surface area contributed by atoms with Crippen molar-refractivity contribution in [3.8, 4) is 0 Å². The molecule has 3 aromatic rings. The molecule has 27 heavy (non-hydrogen) atoms. The Hall–Kier alpha value is -2.98. The Bertz CT molecular complexity index is 986. The SMILES string of the molecule is CN(Cc1ccccc1Cl)C(=O)c1ccccc1C(=O)c1ccc(F)cc1. The molecule has 3 rings (SSSR count). The molecule has 5 heteroatoms. The van der Waals surface area contributed by atoms with Gasteiger partial charge in [-0.2, -0.15) is 0 Å². The zero-order chi connectivity index (χ0) is 19.4. The lowest BCUT2D eigenvalue weighted by Gasteiger charge is -2.19. The Morgan fingerprint density at radius 1 is 0.889 bits per heavy atom. The summed E-state index contributed by atoms with van der Waals surface area (Å²) in [6.45, 7) is 0.317. The van der Waals surface area contributed by atoms with E-state index >= 15 is 0 Å². The Morgan fingerprint density at radius 3 is 2.15 bits per heavy atom. The standard InChI is InChI=1S/C22H17ClFNO2/c1-25(14-16-6-2-5-9-20(16)23)22(27)19-8-4-3-7-18(19)21(26)15-10-12-17(24)13-11-15/h2-13H,14H2,1H3. The molecular weight excluding hydrogens is 365 g/mol. The Morgan fingerprint density at radius 2 is 1.48 bits per heavy atom. The van der Waals surface area contributed by atoms with Crippen molar-refractivity contribution in [3.05, 3.63) is 106 Å². The van der Waals surface area contributed by atoms with Crippen LogP contribution in [0.15, 0.2) is 72.8 Å². The van der Waals surface area contributed by atoms with E-state index in [0.717, 1.165) is 5.56 Å². The first-order valence-electron chi connectivity index (χ1n) is 8.35. The van der Waals surface area contributed by atoms with Crippen LogP contribution in [0.1, 0.15) is 31.8 Å². The number of amides is 1. The number of carbonyl (C=O) groups excluding carboxylic acids is 2. The zero-order valence-electron chi connectivity index (χ0n) is 14.7. The van der Waals surface area contributed by atoms with E-state index < -0.39 is 5.82 Å². The van der Waals surface area contributed by atoms with Crippen molar-refractivity contribution in [2.24, 2.45) is 0 Å². The van der Waals surface area contributed by atoms with Gasteiger partial charge in [0.05, 0.1) is 5.56 Å². The van der Waals surface area contributed by atoms with E-state index in [4.69, 9.17) is 11.6 Å². The minimum Gasteiger partial charge on any atom is -0.337 e. The third kappa shape index (κ3) is 4.23. The average Bonchev–Trinajstić information content (AvgIpc) is 2.69. The summed E-state index contributed by atoms with van der Waals surface area (Å²) in [5.41, 5.74) is 1.71. The average molecular weight is 382 g/mol. The van der Waals surface area contributed by atoms with Gasteiger partial charge in [0.2, 0.25) is 0 Å². The quantitative estimate of drug-likeness (QED) is 0.584. The maximum absolute atomic E-state index is 13.1. The number of carbonyl (C=O) groups is 2. The van der Waals surface area contributed by atoms with Gasteiger partial charge in [0.25, 0.3) is 5.91 Å². The number of benzene rings is 3. The Kier molecular flexibility index (Phi) is 5.67. The molecule has 0 aliphatic carbocycles. The minimum atomic E-state index is -0.421. The number of nitrogens with zero attached hydrogens (tertiary/aromatic N) is 1. The summed E-state index contributed by atoms with van der Waals surface area (Å²) in [7, 11) is 1.66. The van der Waals surface area contributed by atoms with Gasteiger partial charge in [-0.15, -0.1) is 0 Å². The lowest BCUT2D eigenvalue weighted by molar-refractivity contribution is 0.0780. The number of halogens is 2. The summed E-state index contributed by atoms with van der Waals surface area (Å²) < 4.78 is 13.1. The largest absolute Gasteiger partial charge is 0.337 e. The third-order valence-corrected chi connectivity index (χ3v) is 4.59. The molecule has 0 aliphatic rings. The lowest BCUT2D eigenvalue weighted by Crippen LogP contribution is -2.28. The van der Waals surface area contributed by atoms with Gasteiger partial charge >= 0.3 is 0 Å². The van der Waals surface area contributed by atoms with Crippen molar-refractivity contribution in [1.29, 1.82) is 0 Å². The summed E-state index contributed by atoms with van der Waals surface area (Å²) in [6, 6.07) is 19.2. The normalized spacial score (nSPS) is 10.5. The fourth-order valence-electron chi connectivity index (χ4n) is 2.78. The van der Waals surface area contributed by atoms with Gasteiger partial charge in [-0.3, -0.25) is 9.59 Å². The molecule has 0 unspecified atom stereocenters. The van der Waals surface area contributed by atoms with Crippen LogP contribution in [0.2, 0.25) is 5.02 Å². The van der Waals surface area contributed by atoms with Crippen LogP contribution in [-0.4, -0.2) is 23.6 Å². The van der Waals surface area contributed by atoms with Crippen LogP contribution in [0.5, 0.6) is 0 Å². The van der Waals surface area contributed by atoms with Gasteiger partial charge in [-0.1, -0.05) is 48.0 Å². The zero-order valence-corrected chi connectivity index (χ0v) is 15.4. The summed E-state index contributed by atoms with van der Waals surface area (Å²) in [4.78, 5) is 27.3. The highest BCUT2D eigenvalue weighted by molar-refractivity contribution is 6.31. The van der Waals surface area contributed by atoms with Gasteiger partial charge in [-0.05, 0) is 42.0 Å². The molecule has 0 bridgehead atoms. The van der Waals surface area contributed by atoms with Crippen LogP contribution in [0.4, 0.5) is 4.39 Å². The van der Waals surface area contributed by atoms with Gasteiger partial charge in [-0.25, -0.2) is 4.39 Å². The molecule has 0 aliphatic heterocycles. The Balaban J connectivity index is 1.88. The molecule has 3 nitrogen and oxygen atoms in total. The van der Waals surface area contributed by atoms with Crippen molar-refractivity contribution in [3.63, 3.8) is 0 Å². The van der Waals surface area contributed by atoms with Crippen LogP contribution in [-0.2, 0) is 6.54 Å². The van der Waals surface area contributed by atoms with Crippen LogP contribution in [0, 0.1) is 5.82 Å². The fourth-order valence-corrected chi connectivity index (χ4v) is 2.98. The fraction of sp³-hybridized carbons (Fsp3) is 0.0909. The number of ketones is 1. The van der Waals surface area contributed by atoms with E-state index in [1.807, 2.05) is 18.2 Å². The van der Waals surface area contributed by atoms with E-state index in [1.54, 1.807) is 37.4 Å². The van der Waals surface area contributed by atoms with Crippen molar-refractivity contribution >= 4 is 23.3 Å². The molecule has 0 aromatic heterocycles. The molecule has 0 spiro atoms. The van der Waals surface area contributed by atoms with E-state index in [0.29, 0.717) is 22.7 Å². The predicted octanol–water partition coefficient (Wildman–Crippen LogP) is 4.98. The molecule has 0 atom stereocenters. The van der Waals surface area contributed by atoms with Gasteiger partial charge in [0.15, 0.2) is 5.78 Å². The van der Waals surface area contributed by atoms with Gasteiger partial charge in [0.1, 0.15) is 5.82 Å². The summed E-state index contributed by atoms with van der Waals surface area (Å²) >= 11 is 6.17. The molecule has 0 saturated heterocycles. The Labute approximate surface area is 162 Å². The maximum Gasteiger partial charge on any atom is 0.254 e. The molecule has 136 valence electrons. The highest BCUT2D eigenvalue weighted by Gasteiger charge is 2.21. The van der Waals surface area contributed by atoms with Crippen LogP contribution in [0.25, 0.3) is 0 Å². The third-order valence-electron chi connectivity index (χ3n) is 4.22. The molecule has 0 saturated carbocycles. The monoisotopic (exact) mass is 381 g/mol. The minimum absolute atomic E-state index is 0.278. The second kappa shape index (κ2) is 8.14. The second-order valence-corrected chi connectivity index (χ2v) is 6.54. The topological polar surface area (TPSA) is 37.4 Å². The summed E-state index contributed by atoms with van der Waals surface area (Å²) in [5.74, 6) is -1.04. The molecule has 0 heterocycles. The molecular formula is C22H17ClFNO2. The summed E-state index contributed by atoms with van der Waals surface area (Å²) in [5, 5.41) is 0.577. The number of hydrogen-bond acceptors (Lipinski definition) is 2. The summed E-state index contributed by atoms with van der Waals surface area (Å²) in [6.07, 6.45) is 0. The van der Waals surface area contributed by atoms with E-state index in [-0.39, 0.29) is 17.3 Å². The van der Waals surface area contributed by atoms with Gasteiger partial charge < -0.3 is 4.90 Å². The highest BCUT2D eigenvalue weighted by atomic mass is 35.5. The van der Waals surface area contributed by atoms with Crippen molar-refractivity contribution < 1.29 is 14.0 Å². The van der Waals surface area contributed by atoms with Crippen LogP contribution < -0.4 is 0 Å². The van der Waals surface area contributed by atoms with E-state index in [1.165, 1.54) is 29.2 Å². The second-order valence-electron chi connectivity index (χ2n) is 6.13. The smallest absolute Gasteiger partial charge is 0.254 e. The van der Waals surface area contributed by atoms with Crippen LogP contribution >= 0.6 is 11.6 Å². The number of rotatable bonds is 5. The van der Waals surface area contributed by atoms with Gasteiger partial charge in [0, 0.05) is 29.7 Å². The molecule has 0 radical (unpaired) electrons. The molecule has 0 N–H and O–H groups in total.